The molecule has 2 atom stereocenters. The van der Waals surface area contributed by atoms with E-state index in [0.29, 0.717) is 18.8 Å². The number of aryl methyl sites for hydroxylation is 1. The molecule has 2 aromatic rings. The van der Waals surface area contributed by atoms with Crippen molar-refractivity contribution < 1.29 is 9.59 Å². The second-order valence-electron chi connectivity index (χ2n) is 7.15. The van der Waals surface area contributed by atoms with E-state index in [2.05, 4.69) is 27.7 Å². The Labute approximate surface area is 159 Å². The first-order valence-electron chi connectivity index (χ1n) is 9.13. The van der Waals surface area contributed by atoms with E-state index >= 15 is 0 Å². The van der Waals surface area contributed by atoms with Gasteiger partial charge in [0.1, 0.15) is 0 Å². The number of carbonyl (C=O) groups is 2. The van der Waals surface area contributed by atoms with E-state index in [9.17, 15) is 9.59 Å². The number of nitrogens with two attached hydrogens (primary N) is 1. The molecule has 2 aromatic carbocycles. The van der Waals surface area contributed by atoms with Gasteiger partial charge in [-0.25, -0.2) is 0 Å². The van der Waals surface area contributed by atoms with Gasteiger partial charge in [-0.15, -0.1) is 0 Å². The Balaban J connectivity index is 1.61. The van der Waals surface area contributed by atoms with Crippen LogP contribution in [0.2, 0.25) is 0 Å². The van der Waals surface area contributed by atoms with Gasteiger partial charge in [-0.3, -0.25) is 14.5 Å². The lowest BCUT2D eigenvalue weighted by atomic mass is 10.0. The van der Waals surface area contributed by atoms with Crippen LogP contribution in [0.25, 0.3) is 0 Å². The van der Waals surface area contributed by atoms with Gasteiger partial charge in [-0.1, -0.05) is 30.3 Å². The quantitative estimate of drug-likeness (QED) is 0.758. The first-order chi connectivity index (χ1) is 12.9. The summed E-state index contributed by atoms with van der Waals surface area (Å²) >= 11 is 0. The highest BCUT2D eigenvalue weighted by Crippen LogP contribution is 2.23. The number of anilines is 2. The number of nitrogens with zero attached hydrogens (tertiary/aromatic N) is 1. The molecule has 0 spiro atoms. The molecule has 0 saturated carbocycles. The third kappa shape index (κ3) is 4.93. The minimum Gasteiger partial charge on any atom is -0.326 e. The molecule has 0 bridgehead atoms. The number of benzene rings is 2. The molecule has 6 nitrogen and oxygen atoms in total. The monoisotopic (exact) mass is 366 g/mol. The van der Waals surface area contributed by atoms with Gasteiger partial charge in [-0.05, 0) is 36.2 Å². The van der Waals surface area contributed by atoms with Gasteiger partial charge in [0.25, 0.3) is 0 Å². The molecule has 1 aliphatic heterocycles. The first-order valence-corrected chi connectivity index (χ1v) is 9.13. The number of hydrogen-bond donors (Lipinski definition) is 3. The topological polar surface area (TPSA) is 87.5 Å². The second kappa shape index (κ2) is 8.33. The largest absolute Gasteiger partial charge is 0.326 e. The van der Waals surface area contributed by atoms with E-state index in [1.807, 2.05) is 31.2 Å². The highest BCUT2D eigenvalue weighted by molar-refractivity contribution is 5.94. The fraction of sp³-hybridized carbons (Fsp3) is 0.333. The van der Waals surface area contributed by atoms with Crippen LogP contribution in [0.3, 0.4) is 0 Å². The van der Waals surface area contributed by atoms with Crippen LogP contribution in [-0.4, -0.2) is 35.8 Å². The van der Waals surface area contributed by atoms with Crippen molar-refractivity contribution in [3.05, 3.63) is 59.7 Å². The minimum atomic E-state index is -0.246. The summed E-state index contributed by atoms with van der Waals surface area (Å²) in [5.74, 6) is -0.431. The van der Waals surface area contributed by atoms with Crippen molar-refractivity contribution in [2.75, 3.05) is 23.7 Å². The smallest absolute Gasteiger partial charge is 0.230 e. The Hall–Kier alpha value is -2.70. The van der Waals surface area contributed by atoms with Gasteiger partial charge < -0.3 is 16.4 Å². The summed E-state index contributed by atoms with van der Waals surface area (Å²) in [6, 6.07) is 15.4. The van der Waals surface area contributed by atoms with Crippen LogP contribution in [0.15, 0.2) is 48.5 Å². The minimum absolute atomic E-state index is 0.0651. The summed E-state index contributed by atoms with van der Waals surface area (Å²) in [6.07, 6.45) is 0. The fourth-order valence-corrected chi connectivity index (χ4v) is 3.47. The molecule has 1 heterocycles. The van der Waals surface area contributed by atoms with Crippen molar-refractivity contribution in [1.29, 1.82) is 0 Å². The van der Waals surface area contributed by atoms with Crippen LogP contribution >= 0.6 is 0 Å². The van der Waals surface area contributed by atoms with E-state index < -0.39 is 0 Å². The molecule has 0 radical (unpaired) electrons. The maximum absolute atomic E-state index is 12.7. The predicted molar refractivity (Wildman–Crippen MR) is 107 cm³/mol. The van der Waals surface area contributed by atoms with Gasteiger partial charge in [-0.2, -0.15) is 0 Å². The van der Waals surface area contributed by atoms with Gasteiger partial charge in [0, 0.05) is 44.0 Å². The summed E-state index contributed by atoms with van der Waals surface area (Å²) in [4.78, 5) is 26.1. The van der Waals surface area contributed by atoms with Crippen LogP contribution in [0.5, 0.6) is 0 Å². The SMILES string of the molecule is CC(=O)Nc1ccc(NC(=O)C2CN(Cc3ccccc3)CC2N)cc1C. The van der Waals surface area contributed by atoms with E-state index in [1.54, 1.807) is 12.1 Å². The van der Waals surface area contributed by atoms with E-state index in [-0.39, 0.29) is 23.8 Å². The van der Waals surface area contributed by atoms with Crippen molar-refractivity contribution >= 4 is 23.2 Å². The zero-order valence-electron chi connectivity index (χ0n) is 15.7. The molecule has 6 heteroatoms. The van der Waals surface area contributed by atoms with Crippen molar-refractivity contribution in [3.8, 4) is 0 Å². The molecule has 3 rings (SSSR count). The van der Waals surface area contributed by atoms with Crippen LogP contribution in [0, 0.1) is 12.8 Å². The Morgan fingerprint density at radius 3 is 2.52 bits per heavy atom. The number of carbonyl (C=O) groups excluding carboxylic acids is 2. The molecule has 2 amide bonds. The van der Waals surface area contributed by atoms with Crippen molar-refractivity contribution in [2.24, 2.45) is 11.7 Å². The van der Waals surface area contributed by atoms with Crippen LogP contribution in [-0.2, 0) is 16.1 Å². The van der Waals surface area contributed by atoms with Crippen LogP contribution < -0.4 is 16.4 Å². The number of amides is 2. The highest BCUT2D eigenvalue weighted by Gasteiger charge is 2.35. The Morgan fingerprint density at radius 1 is 1.11 bits per heavy atom. The molecule has 0 aromatic heterocycles. The average molecular weight is 366 g/mol. The van der Waals surface area contributed by atoms with Gasteiger partial charge in [0.2, 0.25) is 11.8 Å². The summed E-state index contributed by atoms with van der Waals surface area (Å²) < 4.78 is 0. The highest BCUT2D eigenvalue weighted by atomic mass is 16.2. The van der Waals surface area contributed by atoms with Gasteiger partial charge in [0.15, 0.2) is 0 Å². The normalized spacial score (nSPS) is 19.7. The number of rotatable bonds is 5. The Morgan fingerprint density at radius 2 is 1.85 bits per heavy atom. The molecule has 1 fully saturated rings. The zero-order chi connectivity index (χ0) is 19.4. The van der Waals surface area contributed by atoms with Gasteiger partial charge in [0.05, 0.1) is 5.92 Å². The summed E-state index contributed by atoms with van der Waals surface area (Å²) in [7, 11) is 0. The molecule has 1 saturated heterocycles. The summed E-state index contributed by atoms with van der Waals surface area (Å²) in [6.45, 7) is 5.50. The average Bonchev–Trinajstić information content (AvgIpc) is 2.98. The van der Waals surface area contributed by atoms with Crippen molar-refractivity contribution in [3.63, 3.8) is 0 Å². The number of nitrogens with one attached hydrogen (secondary N) is 2. The summed E-state index contributed by atoms with van der Waals surface area (Å²) in [5, 5.41) is 5.73. The lowest BCUT2D eigenvalue weighted by Crippen LogP contribution is -2.37. The fourth-order valence-electron chi connectivity index (χ4n) is 3.47. The third-order valence-electron chi connectivity index (χ3n) is 4.83. The second-order valence-corrected chi connectivity index (χ2v) is 7.15. The predicted octanol–water partition coefficient (Wildman–Crippen LogP) is 2.35. The lowest BCUT2D eigenvalue weighted by Gasteiger charge is -2.16. The van der Waals surface area contributed by atoms with E-state index in [1.165, 1.54) is 12.5 Å². The molecule has 142 valence electrons. The molecule has 2 unspecified atom stereocenters. The van der Waals surface area contributed by atoms with E-state index in [4.69, 9.17) is 5.73 Å². The Kier molecular flexibility index (Phi) is 5.88. The summed E-state index contributed by atoms with van der Waals surface area (Å²) in [5.41, 5.74) is 9.80. The molecule has 27 heavy (non-hydrogen) atoms. The van der Waals surface area contributed by atoms with E-state index in [0.717, 1.165) is 17.8 Å². The Bertz CT molecular complexity index is 822. The van der Waals surface area contributed by atoms with Crippen LogP contribution in [0.4, 0.5) is 11.4 Å². The maximum Gasteiger partial charge on any atom is 0.230 e. The third-order valence-corrected chi connectivity index (χ3v) is 4.83. The van der Waals surface area contributed by atoms with Crippen LogP contribution in [0.1, 0.15) is 18.1 Å². The first kappa shape index (κ1) is 19.1. The zero-order valence-corrected chi connectivity index (χ0v) is 15.7. The van der Waals surface area contributed by atoms with Gasteiger partial charge >= 0.3 is 0 Å². The van der Waals surface area contributed by atoms with Crippen molar-refractivity contribution in [2.45, 2.75) is 26.4 Å². The molecule has 1 aliphatic rings. The molecular weight excluding hydrogens is 340 g/mol. The standard InChI is InChI=1S/C21H26N4O2/c1-14-10-17(8-9-20(14)23-15(2)26)24-21(27)18-12-25(13-19(18)22)11-16-6-4-3-5-7-16/h3-10,18-19H,11-13,22H2,1-2H3,(H,23,26)(H,24,27). The number of hydrogen-bond acceptors (Lipinski definition) is 4. The maximum atomic E-state index is 12.7. The molecule has 4 N–H and O–H groups in total. The lowest BCUT2D eigenvalue weighted by molar-refractivity contribution is -0.119. The number of likely N-dealkylation sites (tertiary alicyclic amines) is 1. The molecule has 0 aliphatic carbocycles. The van der Waals surface area contributed by atoms with Crippen molar-refractivity contribution in [1.82, 2.24) is 4.90 Å². The molecular formula is C21H26N4O2.